The van der Waals surface area contributed by atoms with Gasteiger partial charge in [-0.15, -0.1) is 0 Å². The van der Waals surface area contributed by atoms with Crippen molar-refractivity contribution in [2.24, 2.45) is 0 Å². The Balaban J connectivity index is 1.36. The molecule has 55 heavy (non-hydrogen) atoms. The number of benzene rings is 7. The molecular formula is C52H47BN2. The van der Waals surface area contributed by atoms with Gasteiger partial charge in [-0.3, -0.25) is 0 Å². The molecule has 2 nitrogen and oxygen atoms in total. The normalized spacial score (nSPS) is 14.6. The SMILES string of the molecule is Cc1c2ccccc2c(C)c2cc3c(cc12)B1c2c(cc4ccccc4c2-c2cccc4c5c(n1c24)C=CCC5)N3c1cc(C(C)(C)C)cc(C(C)(C)C)c1. The molecule has 3 aliphatic rings. The lowest BCUT2D eigenvalue weighted by Crippen LogP contribution is -2.57. The predicted octanol–water partition coefficient (Wildman–Crippen LogP) is 12.7. The van der Waals surface area contributed by atoms with Gasteiger partial charge in [-0.2, -0.15) is 0 Å². The molecule has 0 saturated heterocycles. The van der Waals surface area contributed by atoms with Gasteiger partial charge in [0.15, 0.2) is 0 Å². The molecule has 0 amide bonds. The minimum absolute atomic E-state index is 0.0168. The summed E-state index contributed by atoms with van der Waals surface area (Å²) in [6.07, 6.45) is 6.98. The van der Waals surface area contributed by atoms with Crippen molar-refractivity contribution in [1.82, 2.24) is 4.48 Å². The quantitative estimate of drug-likeness (QED) is 0.122. The Morgan fingerprint density at radius 1 is 0.600 bits per heavy atom. The van der Waals surface area contributed by atoms with Crippen molar-refractivity contribution in [2.75, 3.05) is 4.90 Å². The lowest BCUT2D eigenvalue weighted by molar-refractivity contribution is 0.569. The van der Waals surface area contributed by atoms with Gasteiger partial charge in [-0.1, -0.05) is 126 Å². The molecule has 7 aromatic carbocycles. The fraction of sp³-hybridized carbons (Fsp3) is 0.231. The number of fused-ring (bicyclic) bond motifs is 11. The van der Waals surface area contributed by atoms with Crippen LogP contribution in [-0.2, 0) is 17.3 Å². The summed E-state index contributed by atoms with van der Waals surface area (Å²) in [5, 5.41) is 9.40. The highest BCUT2D eigenvalue weighted by atomic mass is 15.2. The minimum atomic E-state index is -0.0168. The van der Waals surface area contributed by atoms with Crippen LogP contribution in [0.5, 0.6) is 0 Å². The number of para-hydroxylation sites is 1. The smallest absolute Gasteiger partial charge is 0.333 e. The van der Waals surface area contributed by atoms with E-state index in [2.05, 4.69) is 180 Å². The average molecular weight is 711 g/mol. The Morgan fingerprint density at radius 2 is 1.24 bits per heavy atom. The summed E-state index contributed by atoms with van der Waals surface area (Å²) >= 11 is 0. The van der Waals surface area contributed by atoms with Crippen LogP contribution >= 0.6 is 0 Å². The van der Waals surface area contributed by atoms with E-state index in [1.165, 1.54) is 116 Å². The topological polar surface area (TPSA) is 8.17 Å². The molecule has 268 valence electrons. The van der Waals surface area contributed by atoms with Gasteiger partial charge in [0.05, 0.1) is 0 Å². The summed E-state index contributed by atoms with van der Waals surface area (Å²) < 4.78 is 2.74. The third-order valence-electron chi connectivity index (χ3n) is 13.3. The standard InChI is InChI=1S/C52H47BN2/c1-30-36-17-11-12-18-37(36)31(2)43-29-46-44(28-42(30)43)53-49-47(54(46)35-26-33(51(3,4)5)25-34(27-35)52(6,7)8)24-32-16-9-10-19-38(32)48(49)41-22-15-21-40-39-20-13-14-23-45(39)55(53)50(40)41/h9-12,14-19,21-29H,13,20H2,1-8H3. The Morgan fingerprint density at radius 3 is 1.93 bits per heavy atom. The van der Waals surface area contributed by atoms with E-state index in [-0.39, 0.29) is 17.7 Å². The van der Waals surface area contributed by atoms with E-state index >= 15 is 0 Å². The molecular weight excluding hydrogens is 663 g/mol. The first-order valence-electron chi connectivity index (χ1n) is 20.2. The summed E-state index contributed by atoms with van der Waals surface area (Å²) in [6, 6.07) is 40.3. The Labute approximate surface area is 325 Å². The van der Waals surface area contributed by atoms with E-state index < -0.39 is 0 Å². The van der Waals surface area contributed by atoms with Crippen molar-refractivity contribution < 1.29 is 0 Å². The summed E-state index contributed by atoms with van der Waals surface area (Å²) in [7, 11) is 0. The van der Waals surface area contributed by atoms with Crippen molar-refractivity contribution in [1.29, 1.82) is 0 Å². The van der Waals surface area contributed by atoms with E-state index in [0.29, 0.717) is 0 Å². The molecule has 11 rings (SSSR count). The highest BCUT2D eigenvalue weighted by molar-refractivity contribution is 6.90. The van der Waals surface area contributed by atoms with Crippen molar-refractivity contribution in [2.45, 2.75) is 79.1 Å². The van der Waals surface area contributed by atoms with Gasteiger partial charge in [0.25, 0.3) is 0 Å². The fourth-order valence-electron chi connectivity index (χ4n) is 10.4. The lowest BCUT2D eigenvalue weighted by Gasteiger charge is -2.42. The predicted molar refractivity (Wildman–Crippen MR) is 239 cm³/mol. The van der Waals surface area contributed by atoms with E-state index in [0.717, 1.165) is 12.8 Å². The fourth-order valence-corrected chi connectivity index (χ4v) is 10.4. The summed E-state index contributed by atoms with van der Waals surface area (Å²) in [5.74, 6) is 0. The van der Waals surface area contributed by atoms with Crippen molar-refractivity contribution in [3.8, 4) is 11.1 Å². The third kappa shape index (κ3) is 4.44. The second-order valence-electron chi connectivity index (χ2n) is 18.5. The largest absolute Gasteiger partial charge is 0.376 e. The van der Waals surface area contributed by atoms with Gasteiger partial charge in [-0.05, 0) is 144 Å². The number of rotatable bonds is 1. The van der Waals surface area contributed by atoms with Crippen LogP contribution < -0.4 is 15.8 Å². The number of anilines is 3. The molecule has 3 heterocycles. The zero-order valence-corrected chi connectivity index (χ0v) is 33.4. The lowest BCUT2D eigenvalue weighted by atomic mass is 9.44. The van der Waals surface area contributed by atoms with Crippen LogP contribution in [0.3, 0.4) is 0 Å². The first kappa shape index (κ1) is 32.9. The Kier molecular flexibility index (Phi) is 6.59. The van der Waals surface area contributed by atoms with Gasteiger partial charge in [-0.25, -0.2) is 0 Å². The zero-order chi connectivity index (χ0) is 37.7. The molecule has 1 aromatic heterocycles. The van der Waals surface area contributed by atoms with Crippen molar-refractivity contribution >= 4 is 84.1 Å². The number of aryl methyl sites for hydroxylation is 3. The average Bonchev–Trinajstić information content (AvgIpc) is 3.51. The van der Waals surface area contributed by atoms with Crippen LogP contribution in [0, 0.1) is 13.8 Å². The number of allylic oxidation sites excluding steroid dienone is 1. The van der Waals surface area contributed by atoms with Gasteiger partial charge >= 0.3 is 6.85 Å². The van der Waals surface area contributed by atoms with Gasteiger partial charge in [0.2, 0.25) is 0 Å². The molecule has 0 atom stereocenters. The molecule has 0 bridgehead atoms. The van der Waals surface area contributed by atoms with Crippen LogP contribution in [0.4, 0.5) is 17.1 Å². The zero-order valence-electron chi connectivity index (χ0n) is 33.4. The second kappa shape index (κ2) is 11.0. The first-order chi connectivity index (χ1) is 26.4. The maximum atomic E-state index is 2.74. The summed E-state index contributed by atoms with van der Waals surface area (Å²) in [5.41, 5.74) is 19.0. The number of hydrogen-bond donors (Lipinski definition) is 0. The molecule has 0 saturated carbocycles. The van der Waals surface area contributed by atoms with E-state index in [1.54, 1.807) is 0 Å². The van der Waals surface area contributed by atoms with Crippen LogP contribution in [0.1, 0.15) is 81.5 Å². The van der Waals surface area contributed by atoms with Crippen LogP contribution in [-0.4, -0.2) is 11.3 Å². The highest BCUT2D eigenvalue weighted by Gasteiger charge is 2.44. The molecule has 1 aliphatic carbocycles. The van der Waals surface area contributed by atoms with Crippen molar-refractivity contribution in [3.63, 3.8) is 0 Å². The van der Waals surface area contributed by atoms with E-state index in [1.807, 2.05) is 0 Å². The molecule has 0 radical (unpaired) electrons. The van der Waals surface area contributed by atoms with Gasteiger partial charge in [0.1, 0.15) is 0 Å². The van der Waals surface area contributed by atoms with Gasteiger partial charge < -0.3 is 9.38 Å². The minimum Gasteiger partial charge on any atom is -0.376 e. The third-order valence-corrected chi connectivity index (χ3v) is 13.3. The van der Waals surface area contributed by atoms with Crippen LogP contribution in [0.25, 0.3) is 60.4 Å². The molecule has 0 spiro atoms. The second-order valence-corrected chi connectivity index (χ2v) is 18.5. The van der Waals surface area contributed by atoms with E-state index in [4.69, 9.17) is 0 Å². The highest BCUT2D eigenvalue weighted by Crippen LogP contribution is 2.50. The molecule has 8 aromatic rings. The Bertz CT molecular complexity index is 3000. The van der Waals surface area contributed by atoms with Gasteiger partial charge in [0, 0.05) is 39.2 Å². The molecule has 3 heteroatoms. The molecule has 0 fully saturated rings. The summed E-state index contributed by atoms with van der Waals surface area (Å²) in [6.45, 7) is 18.8. The first-order valence-corrected chi connectivity index (χ1v) is 20.2. The molecule has 2 aliphatic heterocycles. The maximum absolute atomic E-state index is 2.74. The Hall–Kier alpha value is -5.54. The number of hydrogen-bond acceptors (Lipinski definition) is 1. The number of aromatic nitrogens is 1. The summed E-state index contributed by atoms with van der Waals surface area (Å²) in [4.78, 5) is 2.65. The van der Waals surface area contributed by atoms with Crippen LogP contribution in [0.2, 0.25) is 0 Å². The molecule has 0 unspecified atom stereocenters. The van der Waals surface area contributed by atoms with Crippen LogP contribution in [0.15, 0.2) is 109 Å². The van der Waals surface area contributed by atoms with Crippen molar-refractivity contribution in [3.05, 3.63) is 143 Å². The monoisotopic (exact) mass is 710 g/mol. The number of nitrogens with zero attached hydrogens (tertiary/aromatic N) is 2. The molecule has 0 N–H and O–H groups in total. The van der Waals surface area contributed by atoms with E-state index in [9.17, 15) is 0 Å². The maximum Gasteiger partial charge on any atom is 0.333 e.